The van der Waals surface area contributed by atoms with Crippen molar-refractivity contribution in [3.8, 4) is 0 Å². The summed E-state index contributed by atoms with van der Waals surface area (Å²) < 4.78 is 0. The lowest BCUT2D eigenvalue weighted by atomic mass is 9.77. The van der Waals surface area contributed by atoms with Crippen LogP contribution in [0.15, 0.2) is 0 Å². The molecule has 0 spiro atoms. The van der Waals surface area contributed by atoms with Gasteiger partial charge in [0.25, 0.3) is 0 Å². The predicted octanol–water partition coefficient (Wildman–Crippen LogP) is 2.81. The second kappa shape index (κ2) is 6.02. The summed E-state index contributed by atoms with van der Waals surface area (Å²) in [6.07, 6.45) is 4.96. The van der Waals surface area contributed by atoms with Crippen LogP contribution < -0.4 is 5.32 Å². The Labute approximate surface area is 101 Å². The molecule has 2 nitrogen and oxygen atoms in total. The molecule has 1 aliphatic rings. The minimum absolute atomic E-state index is 0.217. The maximum atomic E-state index is 9.01. The largest absolute Gasteiger partial charge is 0.396 e. The molecular formula is C14H29NO. The molecule has 1 fully saturated rings. The Hall–Kier alpha value is -0.0800. The molecule has 1 rings (SSSR count). The van der Waals surface area contributed by atoms with Crippen molar-refractivity contribution in [3.05, 3.63) is 0 Å². The maximum absolute atomic E-state index is 9.01. The Kier molecular flexibility index (Phi) is 5.26. The van der Waals surface area contributed by atoms with E-state index >= 15 is 0 Å². The molecule has 0 aromatic heterocycles. The fraction of sp³-hybridized carbons (Fsp3) is 1.00. The summed E-state index contributed by atoms with van der Waals surface area (Å²) in [6, 6.07) is 0.682. The standard InChI is InChI=1S/C14H29NO/c1-11-6-5-7-13(12(11)2)15-10-14(3,4)8-9-16/h11-13,15-16H,5-10H2,1-4H3. The molecular weight excluding hydrogens is 198 g/mol. The van der Waals surface area contributed by atoms with Crippen molar-refractivity contribution in [2.45, 2.75) is 59.4 Å². The van der Waals surface area contributed by atoms with E-state index in [0.29, 0.717) is 12.6 Å². The molecule has 2 heteroatoms. The lowest BCUT2D eigenvalue weighted by molar-refractivity contribution is 0.167. The highest BCUT2D eigenvalue weighted by Gasteiger charge is 2.28. The first-order chi connectivity index (χ1) is 7.46. The molecule has 1 aliphatic carbocycles. The van der Waals surface area contributed by atoms with Gasteiger partial charge in [-0.3, -0.25) is 0 Å². The van der Waals surface area contributed by atoms with Gasteiger partial charge in [0.15, 0.2) is 0 Å². The number of rotatable bonds is 5. The molecule has 0 heterocycles. The summed E-state index contributed by atoms with van der Waals surface area (Å²) in [4.78, 5) is 0. The van der Waals surface area contributed by atoms with E-state index in [1.807, 2.05) is 0 Å². The lowest BCUT2D eigenvalue weighted by Crippen LogP contribution is -2.44. The van der Waals surface area contributed by atoms with Gasteiger partial charge in [-0.1, -0.05) is 40.5 Å². The molecule has 1 saturated carbocycles. The van der Waals surface area contributed by atoms with Crippen LogP contribution in [0.1, 0.15) is 53.4 Å². The van der Waals surface area contributed by atoms with Crippen molar-refractivity contribution < 1.29 is 5.11 Å². The van der Waals surface area contributed by atoms with Gasteiger partial charge in [0.2, 0.25) is 0 Å². The van der Waals surface area contributed by atoms with Crippen molar-refractivity contribution in [1.82, 2.24) is 5.32 Å². The Morgan fingerprint density at radius 1 is 1.25 bits per heavy atom. The summed E-state index contributed by atoms with van der Waals surface area (Å²) >= 11 is 0. The average molecular weight is 227 g/mol. The summed E-state index contributed by atoms with van der Waals surface area (Å²) in [5.41, 5.74) is 0.217. The van der Waals surface area contributed by atoms with Crippen molar-refractivity contribution in [1.29, 1.82) is 0 Å². The van der Waals surface area contributed by atoms with Crippen molar-refractivity contribution in [2.75, 3.05) is 13.2 Å². The third-order valence-electron chi connectivity index (χ3n) is 4.34. The number of aliphatic hydroxyl groups is 1. The highest BCUT2D eigenvalue weighted by atomic mass is 16.3. The third kappa shape index (κ3) is 4.06. The van der Waals surface area contributed by atoms with Crippen molar-refractivity contribution in [3.63, 3.8) is 0 Å². The first-order valence-electron chi connectivity index (χ1n) is 6.80. The fourth-order valence-corrected chi connectivity index (χ4v) is 2.67. The van der Waals surface area contributed by atoms with Gasteiger partial charge in [-0.05, 0) is 30.1 Å². The zero-order valence-electron chi connectivity index (χ0n) is 11.4. The first-order valence-corrected chi connectivity index (χ1v) is 6.80. The topological polar surface area (TPSA) is 32.3 Å². The Morgan fingerprint density at radius 2 is 1.94 bits per heavy atom. The van der Waals surface area contributed by atoms with Crippen LogP contribution in [0.2, 0.25) is 0 Å². The van der Waals surface area contributed by atoms with Gasteiger partial charge in [0, 0.05) is 19.2 Å². The van der Waals surface area contributed by atoms with Crippen LogP contribution in [0.3, 0.4) is 0 Å². The highest BCUT2D eigenvalue weighted by Crippen LogP contribution is 2.30. The zero-order chi connectivity index (χ0) is 12.2. The highest BCUT2D eigenvalue weighted by molar-refractivity contribution is 4.84. The molecule has 0 radical (unpaired) electrons. The predicted molar refractivity (Wildman–Crippen MR) is 69.5 cm³/mol. The summed E-state index contributed by atoms with van der Waals surface area (Å²) in [5, 5.41) is 12.7. The van der Waals surface area contributed by atoms with Gasteiger partial charge in [-0.2, -0.15) is 0 Å². The maximum Gasteiger partial charge on any atom is 0.0436 e. The SMILES string of the molecule is CC1CCCC(NCC(C)(C)CCO)C1C. The molecule has 3 unspecified atom stereocenters. The quantitative estimate of drug-likeness (QED) is 0.757. The Bertz CT molecular complexity index is 203. The van der Waals surface area contributed by atoms with Crippen LogP contribution in [-0.4, -0.2) is 24.3 Å². The molecule has 0 saturated heterocycles. The van der Waals surface area contributed by atoms with Crippen LogP contribution in [0.25, 0.3) is 0 Å². The van der Waals surface area contributed by atoms with Crippen LogP contribution in [0.5, 0.6) is 0 Å². The van der Waals surface area contributed by atoms with Crippen molar-refractivity contribution >= 4 is 0 Å². The molecule has 0 aromatic carbocycles. The van der Waals surface area contributed by atoms with E-state index in [0.717, 1.165) is 24.8 Å². The zero-order valence-corrected chi connectivity index (χ0v) is 11.4. The van der Waals surface area contributed by atoms with Crippen molar-refractivity contribution in [2.24, 2.45) is 17.3 Å². The minimum Gasteiger partial charge on any atom is -0.396 e. The summed E-state index contributed by atoms with van der Waals surface area (Å²) in [5.74, 6) is 1.64. The monoisotopic (exact) mass is 227 g/mol. The lowest BCUT2D eigenvalue weighted by Gasteiger charge is -2.37. The Balaban J connectivity index is 2.36. The van der Waals surface area contributed by atoms with Gasteiger partial charge in [-0.25, -0.2) is 0 Å². The molecule has 0 amide bonds. The van der Waals surface area contributed by atoms with Gasteiger partial charge in [0.1, 0.15) is 0 Å². The summed E-state index contributed by atoms with van der Waals surface area (Å²) in [7, 11) is 0. The second-order valence-electron chi connectivity index (χ2n) is 6.39. The minimum atomic E-state index is 0.217. The number of nitrogens with one attached hydrogen (secondary N) is 1. The average Bonchev–Trinajstić information content (AvgIpc) is 2.20. The van der Waals surface area contributed by atoms with E-state index in [2.05, 4.69) is 33.0 Å². The van der Waals surface area contributed by atoms with E-state index in [-0.39, 0.29) is 5.41 Å². The molecule has 0 aliphatic heterocycles. The normalized spacial score (nSPS) is 31.7. The molecule has 96 valence electrons. The van der Waals surface area contributed by atoms with E-state index in [1.54, 1.807) is 0 Å². The van der Waals surface area contributed by atoms with E-state index < -0.39 is 0 Å². The number of hydrogen-bond acceptors (Lipinski definition) is 2. The van der Waals surface area contributed by atoms with Crippen LogP contribution in [-0.2, 0) is 0 Å². The van der Waals surface area contributed by atoms with E-state index in [4.69, 9.17) is 5.11 Å². The number of aliphatic hydroxyl groups excluding tert-OH is 1. The summed E-state index contributed by atoms with van der Waals surface area (Å²) in [6.45, 7) is 10.5. The van der Waals surface area contributed by atoms with Gasteiger partial charge < -0.3 is 10.4 Å². The van der Waals surface area contributed by atoms with Gasteiger partial charge in [0.05, 0.1) is 0 Å². The van der Waals surface area contributed by atoms with E-state index in [1.165, 1.54) is 19.3 Å². The smallest absolute Gasteiger partial charge is 0.0436 e. The fourth-order valence-electron chi connectivity index (χ4n) is 2.67. The molecule has 0 bridgehead atoms. The van der Waals surface area contributed by atoms with Crippen LogP contribution >= 0.6 is 0 Å². The first kappa shape index (κ1) is 14.0. The van der Waals surface area contributed by atoms with Crippen LogP contribution in [0.4, 0.5) is 0 Å². The second-order valence-corrected chi connectivity index (χ2v) is 6.39. The van der Waals surface area contributed by atoms with Gasteiger partial charge >= 0.3 is 0 Å². The molecule has 16 heavy (non-hydrogen) atoms. The van der Waals surface area contributed by atoms with E-state index in [9.17, 15) is 0 Å². The molecule has 0 aromatic rings. The van der Waals surface area contributed by atoms with Crippen LogP contribution in [0, 0.1) is 17.3 Å². The Morgan fingerprint density at radius 3 is 2.56 bits per heavy atom. The molecule has 3 atom stereocenters. The van der Waals surface area contributed by atoms with Gasteiger partial charge in [-0.15, -0.1) is 0 Å². The third-order valence-corrected chi connectivity index (χ3v) is 4.34. The molecule has 2 N–H and O–H groups in total. The number of hydrogen-bond donors (Lipinski definition) is 2.